The molecule has 2 atom stereocenters. The molecule has 3 aromatic rings. The van der Waals surface area contributed by atoms with E-state index in [1.54, 1.807) is 11.3 Å². The number of thiophene rings is 1. The SMILES string of the molecule is CC(C)(C)[C@@H]1CCc2c(sc3c2C(=O)N[C@@H](c2ccc(-c4ccccc4Cl)o2)N3)C1. The number of rotatable bonds is 2. The molecule has 1 aliphatic carbocycles. The summed E-state index contributed by atoms with van der Waals surface area (Å²) >= 11 is 8.03. The van der Waals surface area contributed by atoms with Gasteiger partial charge in [-0.1, -0.05) is 44.5 Å². The number of hydrogen-bond donors (Lipinski definition) is 2. The lowest BCUT2D eigenvalue weighted by atomic mass is 9.72. The van der Waals surface area contributed by atoms with Gasteiger partial charge in [-0.15, -0.1) is 11.3 Å². The minimum atomic E-state index is -0.389. The first-order valence-corrected chi connectivity index (χ1v) is 11.6. The van der Waals surface area contributed by atoms with Crippen LogP contribution in [0.2, 0.25) is 5.02 Å². The first-order valence-electron chi connectivity index (χ1n) is 10.4. The minimum Gasteiger partial charge on any atom is -0.457 e. The molecule has 0 bridgehead atoms. The summed E-state index contributed by atoms with van der Waals surface area (Å²) < 4.78 is 6.06. The lowest BCUT2D eigenvalue weighted by molar-refractivity contribution is 0.0930. The number of nitrogens with one attached hydrogen (secondary N) is 2. The fourth-order valence-electron chi connectivity index (χ4n) is 4.49. The molecule has 2 N–H and O–H groups in total. The average molecular weight is 441 g/mol. The van der Waals surface area contributed by atoms with Gasteiger partial charge in [0.25, 0.3) is 5.91 Å². The summed E-state index contributed by atoms with van der Waals surface area (Å²) in [5.74, 6) is 1.99. The molecule has 1 aliphatic heterocycles. The van der Waals surface area contributed by atoms with Crippen molar-refractivity contribution in [2.24, 2.45) is 11.3 Å². The Morgan fingerprint density at radius 1 is 1.13 bits per heavy atom. The van der Waals surface area contributed by atoms with Crippen LogP contribution in [0.1, 0.15) is 59.9 Å². The molecule has 0 spiro atoms. The van der Waals surface area contributed by atoms with E-state index in [1.807, 2.05) is 36.4 Å². The Labute approximate surface area is 185 Å². The van der Waals surface area contributed by atoms with Gasteiger partial charge in [0.05, 0.1) is 10.6 Å². The summed E-state index contributed by atoms with van der Waals surface area (Å²) in [6.45, 7) is 6.93. The summed E-state index contributed by atoms with van der Waals surface area (Å²) in [6, 6.07) is 11.4. The van der Waals surface area contributed by atoms with E-state index >= 15 is 0 Å². The number of fused-ring (bicyclic) bond motifs is 3. The minimum absolute atomic E-state index is 0.0175. The van der Waals surface area contributed by atoms with Gasteiger partial charge < -0.3 is 15.1 Å². The van der Waals surface area contributed by atoms with Crippen LogP contribution in [0.3, 0.4) is 0 Å². The molecular weight excluding hydrogens is 416 g/mol. The van der Waals surface area contributed by atoms with Gasteiger partial charge in [-0.05, 0) is 60.4 Å². The zero-order valence-electron chi connectivity index (χ0n) is 17.3. The quantitative estimate of drug-likeness (QED) is 0.468. The van der Waals surface area contributed by atoms with Crippen molar-refractivity contribution in [3.63, 3.8) is 0 Å². The van der Waals surface area contributed by atoms with Crippen LogP contribution in [0.25, 0.3) is 11.3 Å². The van der Waals surface area contributed by atoms with Crippen LogP contribution in [-0.4, -0.2) is 5.91 Å². The molecule has 0 radical (unpaired) electrons. The van der Waals surface area contributed by atoms with Crippen LogP contribution in [-0.2, 0) is 12.8 Å². The summed E-state index contributed by atoms with van der Waals surface area (Å²) in [6.07, 6.45) is 2.77. The summed E-state index contributed by atoms with van der Waals surface area (Å²) in [7, 11) is 0. The molecule has 0 fully saturated rings. The Morgan fingerprint density at radius 2 is 1.93 bits per heavy atom. The molecule has 156 valence electrons. The zero-order valence-corrected chi connectivity index (χ0v) is 18.9. The molecule has 2 aromatic heterocycles. The predicted molar refractivity (Wildman–Crippen MR) is 122 cm³/mol. The van der Waals surface area contributed by atoms with Gasteiger partial charge in [-0.25, -0.2) is 0 Å². The molecule has 1 aromatic carbocycles. The monoisotopic (exact) mass is 440 g/mol. The molecular formula is C24H25ClN2O2S. The largest absolute Gasteiger partial charge is 0.457 e. The van der Waals surface area contributed by atoms with Crippen molar-refractivity contribution in [2.75, 3.05) is 5.32 Å². The van der Waals surface area contributed by atoms with Gasteiger partial charge in [-0.3, -0.25) is 4.79 Å². The van der Waals surface area contributed by atoms with E-state index in [2.05, 4.69) is 31.4 Å². The van der Waals surface area contributed by atoms with Gasteiger partial charge >= 0.3 is 0 Å². The Balaban J connectivity index is 1.42. The molecule has 3 heterocycles. The second-order valence-electron chi connectivity index (χ2n) is 9.25. The van der Waals surface area contributed by atoms with Crippen molar-refractivity contribution >= 4 is 33.8 Å². The van der Waals surface area contributed by atoms with Crippen molar-refractivity contribution in [3.05, 3.63) is 63.2 Å². The second kappa shape index (κ2) is 7.17. The third-order valence-corrected chi connectivity index (χ3v) is 7.83. The lowest BCUT2D eigenvalue weighted by Gasteiger charge is -2.34. The highest BCUT2D eigenvalue weighted by Gasteiger charge is 2.37. The third-order valence-electron chi connectivity index (χ3n) is 6.32. The molecule has 0 saturated carbocycles. The highest BCUT2D eigenvalue weighted by Crippen LogP contribution is 2.46. The molecule has 1 amide bonds. The smallest absolute Gasteiger partial charge is 0.256 e. The van der Waals surface area contributed by atoms with Crippen LogP contribution >= 0.6 is 22.9 Å². The maximum Gasteiger partial charge on any atom is 0.256 e. The first kappa shape index (κ1) is 19.7. The standard InChI is InChI=1S/C24H25ClN2O2S/c1-24(2,3)13-8-9-15-19(12-13)30-23-20(15)22(28)26-21(27-23)18-11-10-17(29-18)14-6-4-5-7-16(14)25/h4-7,10-11,13,21,27H,8-9,12H2,1-3H3,(H,26,28)/t13-,21-/m1/s1. The van der Waals surface area contributed by atoms with Crippen molar-refractivity contribution in [1.82, 2.24) is 5.32 Å². The van der Waals surface area contributed by atoms with E-state index in [1.165, 1.54) is 10.4 Å². The zero-order chi connectivity index (χ0) is 21.0. The van der Waals surface area contributed by atoms with Gasteiger partial charge in [0, 0.05) is 10.4 Å². The summed E-state index contributed by atoms with van der Waals surface area (Å²) in [5.41, 5.74) is 3.18. The topological polar surface area (TPSA) is 54.3 Å². The van der Waals surface area contributed by atoms with Crippen LogP contribution in [0.5, 0.6) is 0 Å². The van der Waals surface area contributed by atoms with Gasteiger partial charge in [0.1, 0.15) is 16.5 Å². The van der Waals surface area contributed by atoms with Crippen molar-refractivity contribution in [3.8, 4) is 11.3 Å². The molecule has 6 heteroatoms. The number of anilines is 1. The lowest BCUT2D eigenvalue weighted by Crippen LogP contribution is -2.38. The fourth-order valence-corrected chi connectivity index (χ4v) is 6.08. The van der Waals surface area contributed by atoms with E-state index in [-0.39, 0.29) is 17.5 Å². The highest BCUT2D eigenvalue weighted by atomic mass is 35.5. The number of carbonyl (C=O) groups excluding carboxylic acids is 1. The Kier molecular flexibility index (Phi) is 4.71. The molecule has 30 heavy (non-hydrogen) atoms. The van der Waals surface area contributed by atoms with Gasteiger partial charge in [0.15, 0.2) is 6.17 Å². The van der Waals surface area contributed by atoms with E-state index in [0.29, 0.717) is 22.5 Å². The second-order valence-corrected chi connectivity index (χ2v) is 10.8. The predicted octanol–water partition coefficient (Wildman–Crippen LogP) is 6.67. The van der Waals surface area contributed by atoms with Crippen LogP contribution in [0.4, 0.5) is 5.00 Å². The third kappa shape index (κ3) is 3.34. The number of amides is 1. The average Bonchev–Trinajstić information content (AvgIpc) is 3.31. The number of benzene rings is 1. The maximum atomic E-state index is 13.0. The van der Waals surface area contributed by atoms with E-state index in [4.69, 9.17) is 16.0 Å². The van der Waals surface area contributed by atoms with Crippen LogP contribution in [0, 0.1) is 11.3 Å². The number of hydrogen-bond acceptors (Lipinski definition) is 4. The van der Waals surface area contributed by atoms with Crippen molar-refractivity contribution in [2.45, 2.75) is 46.2 Å². The Hall–Kier alpha value is -2.24. The normalized spacial score (nSPS) is 20.9. The van der Waals surface area contributed by atoms with E-state index in [9.17, 15) is 4.79 Å². The molecule has 2 aliphatic rings. The van der Waals surface area contributed by atoms with Gasteiger partial charge in [0.2, 0.25) is 0 Å². The van der Waals surface area contributed by atoms with Crippen LogP contribution < -0.4 is 10.6 Å². The van der Waals surface area contributed by atoms with Crippen molar-refractivity contribution < 1.29 is 9.21 Å². The van der Waals surface area contributed by atoms with E-state index < -0.39 is 0 Å². The first-order chi connectivity index (χ1) is 14.3. The highest BCUT2D eigenvalue weighted by molar-refractivity contribution is 7.16. The molecule has 5 rings (SSSR count). The number of carbonyl (C=O) groups is 1. The van der Waals surface area contributed by atoms with Gasteiger partial charge in [-0.2, -0.15) is 0 Å². The van der Waals surface area contributed by atoms with E-state index in [0.717, 1.165) is 35.4 Å². The molecule has 0 unspecified atom stereocenters. The Morgan fingerprint density at radius 3 is 2.70 bits per heavy atom. The molecule has 4 nitrogen and oxygen atoms in total. The number of furan rings is 1. The summed E-state index contributed by atoms with van der Waals surface area (Å²) in [5, 5.41) is 8.17. The Bertz CT molecular complexity index is 1120. The summed E-state index contributed by atoms with van der Waals surface area (Å²) in [4.78, 5) is 14.4. The number of halogens is 1. The maximum absolute atomic E-state index is 13.0. The van der Waals surface area contributed by atoms with Crippen molar-refractivity contribution in [1.29, 1.82) is 0 Å². The molecule has 0 saturated heterocycles. The van der Waals surface area contributed by atoms with Crippen LogP contribution in [0.15, 0.2) is 40.8 Å². The fraction of sp³-hybridized carbons (Fsp3) is 0.375.